The lowest BCUT2D eigenvalue weighted by Gasteiger charge is -2.34. The Morgan fingerprint density at radius 2 is 1.82 bits per heavy atom. The average molecular weight is 554 g/mol. The zero-order chi connectivity index (χ0) is 26.3. The molecule has 1 atom stereocenters. The van der Waals surface area contributed by atoms with E-state index in [0.717, 1.165) is 65.5 Å². The molecule has 1 N–H and O–H groups in total. The van der Waals surface area contributed by atoms with Crippen molar-refractivity contribution in [3.05, 3.63) is 69.7 Å². The van der Waals surface area contributed by atoms with Gasteiger partial charge >= 0.3 is 0 Å². The van der Waals surface area contributed by atoms with Crippen molar-refractivity contribution in [2.24, 2.45) is 0 Å². The van der Waals surface area contributed by atoms with Gasteiger partial charge in [-0.05, 0) is 74.2 Å². The Morgan fingerprint density at radius 1 is 1.08 bits per heavy atom. The molecular weight excluding hydrogens is 522 g/mol. The van der Waals surface area contributed by atoms with Gasteiger partial charge in [0.15, 0.2) is 21.3 Å². The van der Waals surface area contributed by atoms with E-state index in [4.69, 9.17) is 9.47 Å². The van der Waals surface area contributed by atoms with Crippen LogP contribution >= 0.6 is 11.3 Å². The van der Waals surface area contributed by atoms with Gasteiger partial charge in [0.1, 0.15) is 5.01 Å². The summed E-state index contributed by atoms with van der Waals surface area (Å²) in [5.41, 5.74) is 1.50. The summed E-state index contributed by atoms with van der Waals surface area (Å²) in [5.74, 6) is 1.42. The predicted molar refractivity (Wildman–Crippen MR) is 144 cm³/mol. The second-order valence-electron chi connectivity index (χ2n) is 10.3. The number of ether oxygens (including phenoxy) is 2. The number of sulfone groups is 1. The molecule has 3 aromatic rings. The number of hydrogen-bond acceptors (Lipinski definition) is 8. The number of carbonyl (C=O) groups excluding carboxylic acids is 1. The third-order valence-electron chi connectivity index (χ3n) is 7.73. The number of hydrogen-bond donors (Lipinski definition) is 1. The van der Waals surface area contributed by atoms with Crippen molar-refractivity contribution in [1.82, 2.24) is 15.2 Å². The summed E-state index contributed by atoms with van der Waals surface area (Å²) in [5, 5.41) is 3.97. The molecule has 1 saturated carbocycles. The van der Waals surface area contributed by atoms with Crippen LogP contribution in [0.15, 0.2) is 53.6 Å². The molecule has 0 spiro atoms. The van der Waals surface area contributed by atoms with Crippen LogP contribution in [-0.2, 0) is 26.6 Å². The third-order valence-corrected chi connectivity index (χ3v) is 9.91. The Hall–Kier alpha value is -2.95. The van der Waals surface area contributed by atoms with Crippen molar-refractivity contribution in [2.45, 2.75) is 55.0 Å². The maximum atomic E-state index is 13.3. The molecule has 200 valence electrons. The number of thiazole rings is 1. The molecule has 8 nitrogen and oxygen atoms in total. The van der Waals surface area contributed by atoms with E-state index in [1.807, 2.05) is 36.5 Å². The third kappa shape index (κ3) is 4.92. The summed E-state index contributed by atoms with van der Waals surface area (Å²) >= 11 is 1.60. The molecule has 1 aliphatic carbocycles. The zero-order valence-electron chi connectivity index (χ0n) is 21.3. The van der Waals surface area contributed by atoms with Crippen molar-refractivity contribution >= 4 is 27.1 Å². The van der Waals surface area contributed by atoms with Gasteiger partial charge in [0.25, 0.3) is 0 Å². The number of piperidine rings is 1. The van der Waals surface area contributed by atoms with E-state index in [0.29, 0.717) is 17.2 Å². The van der Waals surface area contributed by atoms with Crippen LogP contribution < -0.4 is 14.8 Å². The highest BCUT2D eigenvalue weighted by atomic mass is 32.2. The fraction of sp³-hybridized carbons (Fsp3) is 0.429. The molecule has 1 unspecified atom stereocenters. The fourth-order valence-electron chi connectivity index (χ4n) is 5.45. The Kier molecular flexibility index (Phi) is 6.65. The van der Waals surface area contributed by atoms with Crippen LogP contribution in [0.2, 0.25) is 0 Å². The molecule has 38 heavy (non-hydrogen) atoms. The number of amides is 1. The number of fused-ring (bicyclic) bond motifs is 1. The number of likely N-dealkylation sites (tertiary alicyclic amines) is 1. The highest BCUT2D eigenvalue weighted by Crippen LogP contribution is 2.50. The molecule has 3 aliphatic rings. The first-order valence-corrected chi connectivity index (χ1v) is 15.7. The minimum Gasteiger partial charge on any atom is -0.454 e. The van der Waals surface area contributed by atoms with Crippen LogP contribution in [0.25, 0.3) is 0 Å². The highest BCUT2D eigenvalue weighted by Gasteiger charge is 2.51. The molecule has 6 rings (SSSR count). The van der Waals surface area contributed by atoms with Crippen molar-refractivity contribution in [2.75, 3.05) is 26.1 Å². The molecule has 1 amide bonds. The zero-order valence-corrected chi connectivity index (χ0v) is 22.9. The van der Waals surface area contributed by atoms with Crippen LogP contribution in [0.4, 0.5) is 0 Å². The second-order valence-corrected chi connectivity index (χ2v) is 13.5. The monoisotopic (exact) mass is 553 g/mol. The van der Waals surface area contributed by atoms with E-state index in [9.17, 15) is 13.2 Å². The van der Waals surface area contributed by atoms with Gasteiger partial charge < -0.3 is 14.8 Å². The Bertz CT molecular complexity index is 1440. The number of benzene rings is 2. The molecule has 0 radical (unpaired) electrons. The molecule has 2 aliphatic heterocycles. The number of rotatable bonds is 8. The standard InChI is InChI=1S/C28H31N3O5S2/c1-38(33,34)21-8-5-19(6-9-21)26(31-13-3-2-4-14-31)24-16-29-25(37-24)17-30-27(32)28(11-12-28)20-7-10-22-23(15-20)36-18-35-22/h5-10,15-16,26H,2-4,11-14,17-18H2,1H3,(H,30,32). The van der Waals surface area contributed by atoms with Crippen molar-refractivity contribution < 1.29 is 22.7 Å². The van der Waals surface area contributed by atoms with E-state index >= 15 is 0 Å². The van der Waals surface area contributed by atoms with E-state index in [1.165, 1.54) is 12.7 Å². The van der Waals surface area contributed by atoms with Crippen molar-refractivity contribution in [3.63, 3.8) is 0 Å². The SMILES string of the molecule is CS(=O)(=O)c1ccc(C(c2cnc(CNC(=O)C3(c4ccc5c(c4)OCO5)CC3)s2)N2CCCCC2)cc1. The van der Waals surface area contributed by atoms with Gasteiger partial charge in [-0.3, -0.25) is 9.69 Å². The summed E-state index contributed by atoms with van der Waals surface area (Å²) in [6, 6.07) is 13.0. The molecule has 2 aromatic carbocycles. The summed E-state index contributed by atoms with van der Waals surface area (Å²) in [7, 11) is -3.25. The molecule has 0 bridgehead atoms. The normalized spacial score (nSPS) is 19.2. The van der Waals surface area contributed by atoms with Gasteiger partial charge in [0, 0.05) is 17.3 Å². The highest BCUT2D eigenvalue weighted by molar-refractivity contribution is 7.90. The molecule has 1 saturated heterocycles. The van der Waals surface area contributed by atoms with Crippen LogP contribution in [0, 0.1) is 0 Å². The number of aromatic nitrogens is 1. The summed E-state index contributed by atoms with van der Waals surface area (Å²) in [6.07, 6.45) is 8.25. The summed E-state index contributed by atoms with van der Waals surface area (Å²) < 4.78 is 34.9. The molecule has 3 heterocycles. The Labute approximate surface area is 226 Å². The number of nitrogens with zero attached hydrogens (tertiary/aromatic N) is 2. The van der Waals surface area contributed by atoms with Gasteiger partial charge in [-0.25, -0.2) is 13.4 Å². The smallest absolute Gasteiger partial charge is 0.231 e. The molecular formula is C28H31N3O5S2. The first-order valence-electron chi connectivity index (χ1n) is 13.0. The first-order chi connectivity index (χ1) is 18.3. The summed E-state index contributed by atoms with van der Waals surface area (Å²) in [6.45, 7) is 2.56. The topological polar surface area (TPSA) is 97.8 Å². The fourth-order valence-corrected chi connectivity index (χ4v) is 7.11. The molecule has 1 aromatic heterocycles. The van der Waals surface area contributed by atoms with Gasteiger partial charge in [0.05, 0.1) is 22.9 Å². The summed E-state index contributed by atoms with van der Waals surface area (Å²) in [4.78, 5) is 21.8. The van der Waals surface area contributed by atoms with Crippen molar-refractivity contribution in [1.29, 1.82) is 0 Å². The van der Waals surface area contributed by atoms with E-state index < -0.39 is 15.3 Å². The maximum absolute atomic E-state index is 13.3. The minimum atomic E-state index is -3.25. The number of carbonyl (C=O) groups is 1. The lowest BCUT2D eigenvalue weighted by atomic mass is 9.94. The lowest BCUT2D eigenvalue weighted by Crippen LogP contribution is -2.34. The van der Waals surface area contributed by atoms with Crippen LogP contribution in [0.1, 0.15) is 59.2 Å². The van der Waals surface area contributed by atoms with E-state index in [2.05, 4.69) is 15.2 Å². The van der Waals surface area contributed by atoms with Crippen LogP contribution in [0.5, 0.6) is 11.5 Å². The van der Waals surface area contributed by atoms with Crippen LogP contribution in [0.3, 0.4) is 0 Å². The van der Waals surface area contributed by atoms with Crippen LogP contribution in [-0.4, -0.2) is 50.3 Å². The van der Waals surface area contributed by atoms with Gasteiger partial charge in [-0.15, -0.1) is 11.3 Å². The minimum absolute atomic E-state index is 0.00858. The maximum Gasteiger partial charge on any atom is 0.231 e. The second kappa shape index (κ2) is 9.98. The Morgan fingerprint density at radius 3 is 2.53 bits per heavy atom. The Balaban J connectivity index is 1.18. The average Bonchev–Trinajstić information content (AvgIpc) is 3.37. The lowest BCUT2D eigenvalue weighted by molar-refractivity contribution is -0.123. The largest absolute Gasteiger partial charge is 0.454 e. The van der Waals surface area contributed by atoms with Gasteiger partial charge in [-0.2, -0.15) is 0 Å². The van der Waals surface area contributed by atoms with Gasteiger partial charge in [-0.1, -0.05) is 24.6 Å². The van der Waals surface area contributed by atoms with E-state index in [-0.39, 0.29) is 18.7 Å². The molecule has 2 fully saturated rings. The number of nitrogens with one attached hydrogen (secondary N) is 1. The van der Waals surface area contributed by atoms with Crippen molar-refractivity contribution in [3.8, 4) is 11.5 Å². The first kappa shape index (κ1) is 25.3. The quantitative estimate of drug-likeness (QED) is 0.447. The van der Waals surface area contributed by atoms with E-state index in [1.54, 1.807) is 23.5 Å². The molecule has 10 heteroatoms. The predicted octanol–water partition coefficient (Wildman–Crippen LogP) is 4.20. The van der Waals surface area contributed by atoms with Gasteiger partial charge in [0.2, 0.25) is 12.7 Å².